The fourth-order valence-corrected chi connectivity index (χ4v) is 7.58. The molecule has 2 aromatic rings. The van der Waals surface area contributed by atoms with Gasteiger partial charge in [-0.15, -0.1) is 0 Å². The Labute approximate surface area is 251 Å². The first-order valence-electron chi connectivity index (χ1n) is 15.0. The second-order valence-electron chi connectivity index (χ2n) is 12.0. The van der Waals surface area contributed by atoms with E-state index < -0.39 is 26.0 Å². The van der Waals surface area contributed by atoms with Crippen molar-refractivity contribution in [3.05, 3.63) is 60.7 Å². The maximum Gasteiger partial charge on any atom is 0.333 e. The molecule has 0 N–H and O–H groups in total. The van der Waals surface area contributed by atoms with Crippen LogP contribution in [0, 0.1) is 11.8 Å². The molecule has 228 valence electrons. The molecule has 0 radical (unpaired) electrons. The highest BCUT2D eigenvalue weighted by Gasteiger charge is 2.27. The lowest BCUT2D eigenvalue weighted by Crippen LogP contribution is -2.40. The monoisotopic (exact) mass is 594 g/mol. The van der Waals surface area contributed by atoms with Gasteiger partial charge in [0.25, 0.3) is 0 Å². The molecule has 1 aliphatic rings. The van der Waals surface area contributed by atoms with Crippen molar-refractivity contribution in [1.29, 1.82) is 0 Å². The highest BCUT2D eigenvalue weighted by molar-refractivity contribution is 6.89. The van der Waals surface area contributed by atoms with E-state index in [9.17, 15) is 14.4 Å². The van der Waals surface area contributed by atoms with Crippen molar-refractivity contribution in [3.8, 4) is 16.9 Å². The van der Waals surface area contributed by atoms with Crippen molar-refractivity contribution < 1.29 is 33.3 Å². The molecule has 1 fully saturated rings. The Balaban J connectivity index is 1.46. The van der Waals surface area contributed by atoms with E-state index in [1.165, 1.54) is 29.6 Å². The molecule has 42 heavy (non-hydrogen) atoms. The minimum atomic E-state index is -1.38. The molecule has 1 saturated heterocycles. The van der Waals surface area contributed by atoms with Crippen LogP contribution in [0.2, 0.25) is 19.1 Å². The zero-order valence-corrected chi connectivity index (χ0v) is 26.6. The first-order chi connectivity index (χ1) is 20.1. The van der Waals surface area contributed by atoms with Gasteiger partial charge in [0.05, 0.1) is 47.3 Å². The summed E-state index contributed by atoms with van der Waals surface area (Å²) < 4.78 is 21.8. The summed E-state index contributed by atoms with van der Waals surface area (Å²) in [5.41, 5.74) is 2.70. The molecule has 3 rings (SSSR count). The SMILES string of the molecule is C=C(C)C(=O)OCC(CCCOc1ccc(-c2ccc([Si](C)(C)CCCC)cc2)cc1)COCC1CC(=O)OC(=O)C1. The molecule has 0 aromatic heterocycles. The van der Waals surface area contributed by atoms with Gasteiger partial charge >= 0.3 is 17.9 Å². The van der Waals surface area contributed by atoms with Crippen molar-refractivity contribution in [3.63, 3.8) is 0 Å². The number of ether oxygens (including phenoxy) is 4. The molecule has 0 amide bonds. The average Bonchev–Trinajstić information content (AvgIpc) is 2.96. The number of carbonyl (C=O) groups excluding carboxylic acids is 3. The highest BCUT2D eigenvalue weighted by Crippen LogP contribution is 2.24. The van der Waals surface area contributed by atoms with Crippen LogP contribution >= 0.6 is 0 Å². The van der Waals surface area contributed by atoms with Crippen molar-refractivity contribution in [2.75, 3.05) is 26.4 Å². The van der Waals surface area contributed by atoms with Crippen LogP contribution in [0.15, 0.2) is 60.7 Å². The Hall–Kier alpha value is -3.23. The lowest BCUT2D eigenvalue weighted by molar-refractivity contribution is -0.166. The van der Waals surface area contributed by atoms with Gasteiger partial charge in [-0.2, -0.15) is 0 Å². The minimum absolute atomic E-state index is 0.0523. The smallest absolute Gasteiger partial charge is 0.333 e. The molecule has 2 aromatic carbocycles. The van der Waals surface area contributed by atoms with Gasteiger partial charge in [-0.05, 0) is 43.0 Å². The van der Waals surface area contributed by atoms with Crippen LogP contribution in [-0.2, 0) is 28.6 Å². The molecule has 7 nitrogen and oxygen atoms in total. The van der Waals surface area contributed by atoms with E-state index >= 15 is 0 Å². The normalized spacial score (nSPS) is 14.8. The summed E-state index contributed by atoms with van der Waals surface area (Å²) in [5.74, 6) is -0.909. The van der Waals surface area contributed by atoms with Crippen molar-refractivity contribution in [2.45, 2.75) is 71.5 Å². The van der Waals surface area contributed by atoms with E-state index in [0.29, 0.717) is 18.8 Å². The number of cyclic esters (lactones) is 2. The second-order valence-corrected chi connectivity index (χ2v) is 16.8. The summed E-state index contributed by atoms with van der Waals surface area (Å²) in [6, 6.07) is 18.6. The van der Waals surface area contributed by atoms with Gasteiger partial charge in [0.1, 0.15) is 5.75 Å². The Morgan fingerprint density at radius 1 is 0.976 bits per heavy atom. The maximum absolute atomic E-state index is 11.9. The zero-order chi connectivity index (χ0) is 30.5. The third-order valence-electron chi connectivity index (χ3n) is 7.68. The predicted octanol–water partition coefficient (Wildman–Crippen LogP) is 6.46. The van der Waals surface area contributed by atoms with Gasteiger partial charge in [-0.25, -0.2) is 4.79 Å². The minimum Gasteiger partial charge on any atom is -0.494 e. The largest absolute Gasteiger partial charge is 0.494 e. The number of unbranched alkanes of at least 4 members (excludes halogenated alkanes) is 1. The van der Waals surface area contributed by atoms with E-state index in [4.69, 9.17) is 14.2 Å². The van der Waals surface area contributed by atoms with Crippen molar-refractivity contribution in [2.24, 2.45) is 11.8 Å². The maximum atomic E-state index is 11.9. The van der Waals surface area contributed by atoms with Crippen LogP contribution in [-0.4, -0.2) is 52.4 Å². The molecule has 0 aliphatic carbocycles. The third-order valence-corrected chi connectivity index (χ3v) is 11.2. The molecule has 1 heterocycles. The first kappa shape index (κ1) is 33.3. The van der Waals surface area contributed by atoms with Gasteiger partial charge in [0.15, 0.2) is 0 Å². The number of esters is 3. The van der Waals surface area contributed by atoms with Gasteiger partial charge in [-0.1, -0.05) is 87.1 Å². The lowest BCUT2D eigenvalue weighted by Gasteiger charge is -2.23. The fraction of sp³-hybridized carbons (Fsp3) is 0.500. The van der Waals surface area contributed by atoms with Gasteiger partial charge in [0, 0.05) is 17.4 Å². The van der Waals surface area contributed by atoms with E-state index in [2.05, 4.69) is 67.7 Å². The topological polar surface area (TPSA) is 88.1 Å². The summed E-state index contributed by atoms with van der Waals surface area (Å²) in [4.78, 5) is 34.9. The van der Waals surface area contributed by atoms with E-state index in [1.54, 1.807) is 6.92 Å². The molecule has 1 atom stereocenters. The summed E-state index contributed by atoms with van der Waals surface area (Å²) >= 11 is 0. The highest BCUT2D eigenvalue weighted by atomic mass is 28.3. The molecule has 0 spiro atoms. The Morgan fingerprint density at radius 3 is 2.19 bits per heavy atom. The summed E-state index contributed by atoms with van der Waals surface area (Å²) in [6.07, 6.45) is 4.33. The van der Waals surface area contributed by atoms with Gasteiger partial charge in [-0.3, -0.25) is 9.59 Å². The molecular formula is C34H46O7Si. The second kappa shape index (κ2) is 16.4. The lowest BCUT2D eigenvalue weighted by atomic mass is 10.0. The number of benzene rings is 2. The summed E-state index contributed by atoms with van der Waals surface area (Å²) in [7, 11) is -1.38. The Kier molecular flexibility index (Phi) is 13.0. The molecular weight excluding hydrogens is 548 g/mol. The molecule has 8 heteroatoms. The summed E-state index contributed by atoms with van der Waals surface area (Å²) in [6.45, 7) is 13.7. The van der Waals surface area contributed by atoms with Crippen LogP contribution in [0.5, 0.6) is 5.75 Å². The number of hydrogen-bond acceptors (Lipinski definition) is 7. The number of rotatable bonds is 17. The Morgan fingerprint density at radius 2 is 1.60 bits per heavy atom. The number of hydrogen-bond donors (Lipinski definition) is 0. The van der Waals surface area contributed by atoms with Crippen molar-refractivity contribution in [1.82, 2.24) is 0 Å². The molecule has 1 aliphatic heterocycles. The van der Waals surface area contributed by atoms with E-state index in [-0.39, 0.29) is 37.9 Å². The molecule has 0 saturated carbocycles. The summed E-state index contributed by atoms with van der Waals surface area (Å²) in [5, 5.41) is 1.51. The van der Waals surface area contributed by atoms with E-state index in [1.807, 2.05) is 12.1 Å². The zero-order valence-electron chi connectivity index (χ0n) is 25.6. The van der Waals surface area contributed by atoms with Crippen LogP contribution in [0.25, 0.3) is 11.1 Å². The quantitative estimate of drug-likeness (QED) is 0.0683. The third kappa shape index (κ3) is 10.9. The van der Waals surface area contributed by atoms with Gasteiger partial charge in [0.2, 0.25) is 0 Å². The Bertz CT molecular complexity index is 1170. The van der Waals surface area contributed by atoms with Crippen LogP contribution < -0.4 is 9.92 Å². The average molecular weight is 595 g/mol. The van der Waals surface area contributed by atoms with Crippen molar-refractivity contribution >= 4 is 31.2 Å². The van der Waals surface area contributed by atoms with Gasteiger partial charge < -0.3 is 18.9 Å². The molecule has 0 bridgehead atoms. The predicted molar refractivity (Wildman–Crippen MR) is 167 cm³/mol. The van der Waals surface area contributed by atoms with Crippen LogP contribution in [0.3, 0.4) is 0 Å². The first-order valence-corrected chi connectivity index (χ1v) is 18.3. The molecule has 1 unspecified atom stereocenters. The fourth-order valence-electron chi connectivity index (χ4n) is 4.99. The van der Waals surface area contributed by atoms with Crippen LogP contribution in [0.1, 0.15) is 52.4 Å². The van der Waals surface area contributed by atoms with Crippen LogP contribution in [0.4, 0.5) is 0 Å². The standard InChI is InChI=1S/C34H46O7Si/c1-6-7-19-42(4,5)31-16-12-29(13-17-31)28-10-14-30(15-11-28)39-18-8-9-26(24-40-34(37)25(2)3)22-38-23-27-20-32(35)41-33(36)21-27/h10-17,26-27H,2,6-9,18-24H2,1,3-5H3. The number of carbonyl (C=O) groups is 3. The van der Waals surface area contributed by atoms with E-state index in [0.717, 1.165) is 24.2 Å².